The van der Waals surface area contributed by atoms with Crippen LogP contribution in [0.25, 0.3) is 0 Å². The summed E-state index contributed by atoms with van der Waals surface area (Å²) in [6.45, 7) is 0. The van der Waals surface area contributed by atoms with E-state index in [0.717, 1.165) is 11.1 Å². The first-order valence-corrected chi connectivity index (χ1v) is 8.60. The Labute approximate surface area is 162 Å². The second kappa shape index (κ2) is 9.59. The van der Waals surface area contributed by atoms with E-state index in [4.69, 9.17) is 0 Å². The van der Waals surface area contributed by atoms with Gasteiger partial charge in [0.25, 0.3) is 11.8 Å². The van der Waals surface area contributed by atoms with E-state index in [9.17, 15) is 9.59 Å². The molecule has 0 fully saturated rings. The number of amides is 2. The van der Waals surface area contributed by atoms with Gasteiger partial charge in [-0.1, -0.05) is 60.7 Å². The molecule has 2 N–H and O–H groups in total. The molecule has 0 aliphatic heterocycles. The van der Waals surface area contributed by atoms with Crippen molar-refractivity contribution in [3.63, 3.8) is 0 Å². The van der Waals surface area contributed by atoms with Crippen LogP contribution < -0.4 is 10.9 Å². The van der Waals surface area contributed by atoms with Crippen LogP contribution in [0.5, 0.6) is 0 Å². The molecule has 0 saturated carbocycles. The quantitative estimate of drug-likeness (QED) is 0.516. The third kappa shape index (κ3) is 5.22. The van der Waals surface area contributed by atoms with Crippen molar-refractivity contribution in [2.45, 2.75) is 0 Å². The fourth-order valence-corrected chi connectivity index (χ4v) is 2.38. The molecule has 138 valence electrons. The Kier molecular flexibility index (Phi) is 6.41. The van der Waals surface area contributed by atoms with Crippen LogP contribution in [0.3, 0.4) is 0 Å². The van der Waals surface area contributed by atoms with Crippen molar-refractivity contribution in [1.82, 2.24) is 10.9 Å². The molecule has 0 aromatic heterocycles. The van der Waals surface area contributed by atoms with E-state index in [1.807, 2.05) is 36.4 Å². The van der Waals surface area contributed by atoms with Crippen LogP contribution in [0, 0.1) is 0 Å². The van der Waals surface area contributed by atoms with E-state index in [1.54, 1.807) is 48.5 Å². The van der Waals surface area contributed by atoms with Gasteiger partial charge < -0.3 is 0 Å². The summed E-state index contributed by atoms with van der Waals surface area (Å²) in [5.41, 5.74) is 7.51. The van der Waals surface area contributed by atoms with E-state index in [0.29, 0.717) is 11.1 Å². The van der Waals surface area contributed by atoms with Gasteiger partial charge in [0.1, 0.15) is 0 Å². The molecule has 6 heteroatoms. The van der Waals surface area contributed by atoms with Crippen molar-refractivity contribution in [3.05, 3.63) is 107 Å². The molecule has 6 nitrogen and oxygen atoms in total. The number of carbonyl (C=O) groups is 2. The number of nitrogens with one attached hydrogen (secondary N) is 2. The van der Waals surface area contributed by atoms with Gasteiger partial charge in [-0.25, -0.2) is 10.9 Å². The van der Waals surface area contributed by atoms with Gasteiger partial charge in [-0.05, 0) is 24.3 Å². The number of carbonyl (C=O) groups excluding carboxylic acids is 2. The Hall–Kier alpha value is -4.06. The Morgan fingerprint density at radius 2 is 0.929 bits per heavy atom. The molecule has 0 radical (unpaired) electrons. The third-order valence-corrected chi connectivity index (χ3v) is 3.81. The minimum atomic E-state index is -0.293. The maximum Gasteiger partial charge on any atom is 0.271 e. The minimum Gasteiger partial charge on any atom is -0.267 e. The average Bonchev–Trinajstić information content (AvgIpc) is 2.76. The van der Waals surface area contributed by atoms with Crippen LogP contribution >= 0.6 is 0 Å². The summed E-state index contributed by atoms with van der Waals surface area (Å²) in [6, 6.07) is 25.0. The molecule has 0 atom stereocenters. The van der Waals surface area contributed by atoms with Crippen LogP contribution in [-0.4, -0.2) is 24.2 Å². The number of nitrogens with zero attached hydrogens (tertiary/aromatic N) is 2. The molecule has 28 heavy (non-hydrogen) atoms. The van der Waals surface area contributed by atoms with E-state index in [-0.39, 0.29) is 11.8 Å². The highest BCUT2D eigenvalue weighted by Gasteiger charge is 2.03. The molecular weight excluding hydrogens is 352 g/mol. The fraction of sp³-hybridized carbons (Fsp3) is 0. The number of benzene rings is 3. The fourth-order valence-electron chi connectivity index (χ4n) is 2.38. The van der Waals surface area contributed by atoms with E-state index in [1.165, 1.54) is 12.4 Å². The van der Waals surface area contributed by atoms with Gasteiger partial charge in [-0.3, -0.25) is 9.59 Å². The van der Waals surface area contributed by atoms with E-state index in [2.05, 4.69) is 21.1 Å². The SMILES string of the molecule is O=C(N/N=C/c1ccccc1/C=N/NC(=O)c1ccccc1)c1ccccc1. The largest absolute Gasteiger partial charge is 0.271 e. The molecule has 3 rings (SSSR count). The molecule has 0 aliphatic rings. The number of rotatable bonds is 6. The Bertz CT molecular complexity index is 917. The smallest absolute Gasteiger partial charge is 0.267 e. The molecule has 0 aliphatic carbocycles. The molecule has 0 spiro atoms. The predicted octanol–water partition coefficient (Wildman–Crippen LogP) is 3.21. The highest BCUT2D eigenvalue weighted by Crippen LogP contribution is 2.04. The van der Waals surface area contributed by atoms with Gasteiger partial charge in [0.2, 0.25) is 0 Å². The zero-order valence-electron chi connectivity index (χ0n) is 14.9. The van der Waals surface area contributed by atoms with Crippen LogP contribution in [0.15, 0.2) is 95.1 Å². The number of hydrazone groups is 2. The standard InChI is InChI=1S/C22H18N4O2/c27-21(17-9-3-1-4-10-17)25-23-15-19-13-7-8-14-20(19)16-24-26-22(28)18-11-5-2-6-12-18/h1-16H,(H,25,27)(H,26,28)/b23-15+,24-16+. The molecular formula is C22H18N4O2. The lowest BCUT2D eigenvalue weighted by Crippen LogP contribution is -2.18. The molecule has 0 unspecified atom stereocenters. The topological polar surface area (TPSA) is 82.9 Å². The first-order valence-electron chi connectivity index (χ1n) is 8.60. The average molecular weight is 370 g/mol. The van der Waals surface area contributed by atoms with Gasteiger partial charge in [-0.15, -0.1) is 0 Å². The van der Waals surface area contributed by atoms with Gasteiger partial charge in [0.15, 0.2) is 0 Å². The normalized spacial score (nSPS) is 10.9. The molecule has 2 amide bonds. The van der Waals surface area contributed by atoms with E-state index >= 15 is 0 Å². The maximum absolute atomic E-state index is 12.0. The summed E-state index contributed by atoms with van der Waals surface area (Å²) in [4.78, 5) is 24.0. The summed E-state index contributed by atoms with van der Waals surface area (Å²) in [7, 11) is 0. The van der Waals surface area contributed by atoms with Gasteiger partial charge in [-0.2, -0.15) is 10.2 Å². The summed E-state index contributed by atoms with van der Waals surface area (Å²) in [6.07, 6.45) is 3.06. The molecule has 0 heterocycles. The first-order chi connectivity index (χ1) is 13.7. The van der Waals surface area contributed by atoms with Crippen molar-refractivity contribution in [3.8, 4) is 0 Å². The third-order valence-electron chi connectivity index (χ3n) is 3.81. The van der Waals surface area contributed by atoms with Crippen molar-refractivity contribution in [1.29, 1.82) is 0 Å². The zero-order valence-corrected chi connectivity index (χ0v) is 14.9. The zero-order chi connectivity index (χ0) is 19.6. The van der Waals surface area contributed by atoms with Gasteiger partial charge >= 0.3 is 0 Å². The van der Waals surface area contributed by atoms with Crippen molar-refractivity contribution >= 4 is 24.2 Å². The lowest BCUT2D eigenvalue weighted by molar-refractivity contribution is 0.0947. The summed E-state index contributed by atoms with van der Waals surface area (Å²) in [5.74, 6) is -0.587. The van der Waals surface area contributed by atoms with Crippen LogP contribution in [0.1, 0.15) is 31.8 Å². The maximum atomic E-state index is 12.0. The summed E-state index contributed by atoms with van der Waals surface area (Å²) < 4.78 is 0. The lowest BCUT2D eigenvalue weighted by Gasteiger charge is -2.02. The molecule has 0 bridgehead atoms. The molecule has 0 saturated heterocycles. The van der Waals surface area contributed by atoms with Crippen LogP contribution in [0.2, 0.25) is 0 Å². The summed E-state index contributed by atoms with van der Waals surface area (Å²) in [5, 5.41) is 7.99. The number of hydrogen-bond donors (Lipinski definition) is 2. The van der Waals surface area contributed by atoms with Crippen molar-refractivity contribution < 1.29 is 9.59 Å². The Balaban J connectivity index is 1.62. The Morgan fingerprint density at radius 1 is 0.571 bits per heavy atom. The van der Waals surface area contributed by atoms with Gasteiger partial charge in [0.05, 0.1) is 12.4 Å². The lowest BCUT2D eigenvalue weighted by atomic mass is 10.1. The van der Waals surface area contributed by atoms with Crippen LogP contribution in [-0.2, 0) is 0 Å². The van der Waals surface area contributed by atoms with E-state index < -0.39 is 0 Å². The second-order valence-corrected chi connectivity index (χ2v) is 5.76. The highest BCUT2D eigenvalue weighted by atomic mass is 16.2. The molecule has 3 aromatic carbocycles. The Morgan fingerprint density at radius 3 is 1.32 bits per heavy atom. The first kappa shape index (κ1) is 18.7. The van der Waals surface area contributed by atoms with Crippen molar-refractivity contribution in [2.75, 3.05) is 0 Å². The monoisotopic (exact) mass is 370 g/mol. The predicted molar refractivity (Wildman–Crippen MR) is 109 cm³/mol. The summed E-state index contributed by atoms with van der Waals surface area (Å²) >= 11 is 0. The van der Waals surface area contributed by atoms with Gasteiger partial charge in [0, 0.05) is 22.3 Å². The highest BCUT2D eigenvalue weighted by molar-refractivity contribution is 5.98. The molecule has 3 aromatic rings. The minimum absolute atomic E-state index is 0.293. The second-order valence-electron chi connectivity index (χ2n) is 5.76. The van der Waals surface area contributed by atoms with Crippen molar-refractivity contribution in [2.24, 2.45) is 10.2 Å². The number of hydrogen-bond acceptors (Lipinski definition) is 4. The van der Waals surface area contributed by atoms with Crippen LogP contribution in [0.4, 0.5) is 0 Å².